The summed E-state index contributed by atoms with van der Waals surface area (Å²) in [7, 11) is 0. The zero-order valence-corrected chi connectivity index (χ0v) is 10.6. The minimum Gasteiger partial charge on any atom is -0.478 e. The highest BCUT2D eigenvalue weighted by atomic mass is 16.5. The van der Waals surface area contributed by atoms with Crippen LogP contribution in [0.1, 0.15) is 37.0 Å². The Bertz CT molecular complexity index is 446. The predicted octanol–water partition coefficient (Wildman–Crippen LogP) is 2.15. The Morgan fingerprint density at radius 3 is 3.06 bits per heavy atom. The molecule has 1 aliphatic rings. The quantitative estimate of drug-likeness (QED) is 0.860. The van der Waals surface area contributed by atoms with E-state index in [0.717, 1.165) is 12.8 Å². The van der Waals surface area contributed by atoms with E-state index in [4.69, 9.17) is 9.84 Å². The SMILES string of the molecule is CC1(C)CC(Nc2ncccc2C(=O)O)CCO1. The Balaban J connectivity index is 2.12. The minimum absolute atomic E-state index is 0.173. The van der Waals surface area contributed by atoms with Crippen molar-refractivity contribution >= 4 is 11.8 Å². The van der Waals surface area contributed by atoms with Crippen LogP contribution in [0.15, 0.2) is 18.3 Å². The van der Waals surface area contributed by atoms with Gasteiger partial charge >= 0.3 is 5.97 Å². The molecule has 0 saturated carbocycles. The summed E-state index contributed by atoms with van der Waals surface area (Å²) in [5.74, 6) is -0.524. The molecule has 2 heterocycles. The van der Waals surface area contributed by atoms with Crippen LogP contribution >= 0.6 is 0 Å². The molecular weight excluding hydrogens is 232 g/mol. The van der Waals surface area contributed by atoms with Crippen LogP contribution in [0.5, 0.6) is 0 Å². The first-order chi connectivity index (χ1) is 8.48. The van der Waals surface area contributed by atoms with Crippen LogP contribution in [0, 0.1) is 0 Å². The molecule has 0 spiro atoms. The van der Waals surface area contributed by atoms with Crippen LogP contribution in [0.2, 0.25) is 0 Å². The fourth-order valence-corrected chi connectivity index (χ4v) is 2.24. The number of carbonyl (C=O) groups is 1. The van der Waals surface area contributed by atoms with Gasteiger partial charge in [-0.2, -0.15) is 0 Å². The summed E-state index contributed by atoms with van der Waals surface area (Å²) in [5.41, 5.74) is 0.0375. The van der Waals surface area contributed by atoms with Crippen molar-refractivity contribution in [1.82, 2.24) is 4.98 Å². The molecule has 1 atom stereocenters. The molecule has 0 amide bonds. The number of anilines is 1. The second kappa shape index (κ2) is 4.94. The molecule has 1 aromatic heterocycles. The fraction of sp³-hybridized carbons (Fsp3) is 0.538. The fourth-order valence-electron chi connectivity index (χ4n) is 2.24. The predicted molar refractivity (Wildman–Crippen MR) is 67.9 cm³/mol. The largest absolute Gasteiger partial charge is 0.478 e. The Morgan fingerprint density at radius 2 is 2.39 bits per heavy atom. The van der Waals surface area contributed by atoms with E-state index >= 15 is 0 Å². The molecule has 0 radical (unpaired) electrons. The van der Waals surface area contributed by atoms with Crippen LogP contribution in [0.4, 0.5) is 5.82 Å². The Labute approximate surface area is 106 Å². The number of carboxylic acid groups (broad SMARTS) is 1. The lowest BCUT2D eigenvalue weighted by atomic mass is 9.94. The van der Waals surface area contributed by atoms with Crippen LogP contribution in [-0.2, 0) is 4.74 Å². The molecule has 2 N–H and O–H groups in total. The third-order valence-corrected chi connectivity index (χ3v) is 3.08. The lowest BCUT2D eigenvalue weighted by molar-refractivity contribution is -0.0553. The van der Waals surface area contributed by atoms with Crippen molar-refractivity contribution < 1.29 is 14.6 Å². The van der Waals surface area contributed by atoms with Crippen LogP contribution in [0.3, 0.4) is 0 Å². The van der Waals surface area contributed by atoms with Gasteiger partial charge in [0.2, 0.25) is 0 Å². The maximum atomic E-state index is 11.1. The van der Waals surface area contributed by atoms with Crippen LogP contribution in [0.25, 0.3) is 0 Å². The van der Waals surface area contributed by atoms with Crippen molar-refractivity contribution in [3.63, 3.8) is 0 Å². The third kappa shape index (κ3) is 2.98. The number of nitrogens with one attached hydrogen (secondary N) is 1. The lowest BCUT2D eigenvalue weighted by Crippen LogP contribution is -2.40. The zero-order valence-electron chi connectivity index (χ0n) is 10.6. The molecule has 98 valence electrons. The molecule has 0 bridgehead atoms. The highest BCUT2D eigenvalue weighted by molar-refractivity contribution is 5.93. The maximum absolute atomic E-state index is 11.1. The Morgan fingerprint density at radius 1 is 1.61 bits per heavy atom. The van der Waals surface area contributed by atoms with E-state index in [9.17, 15) is 4.79 Å². The van der Waals surface area contributed by atoms with Gasteiger partial charge in [0.25, 0.3) is 0 Å². The topological polar surface area (TPSA) is 71.5 Å². The second-order valence-corrected chi connectivity index (χ2v) is 5.15. The Kier molecular flexibility index (Phi) is 3.52. The number of carboxylic acids is 1. The first kappa shape index (κ1) is 12.8. The van der Waals surface area contributed by atoms with Gasteiger partial charge in [0.1, 0.15) is 11.4 Å². The number of pyridine rings is 1. The summed E-state index contributed by atoms with van der Waals surface area (Å²) in [6.45, 7) is 4.76. The minimum atomic E-state index is -0.961. The molecule has 5 nitrogen and oxygen atoms in total. The molecule has 1 fully saturated rings. The summed E-state index contributed by atoms with van der Waals surface area (Å²) >= 11 is 0. The molecule has 2 rings (SSSR count). The maximum Gasteiger partial charge on any atom is 0.339 e. The highest BCUT2D eigenvalue weighted by Gasteiger charge is 2.29. The molecule has 1 unspecified atom stereocenters. The number of aromatic nitrogens is 1. The number of hydrogen-bond donors (Lipinski definition) is 2. The number of hydrogen-bond acceptors (Lipinski definition) is 4. The third-order valence-electron chi connectivity index (χ3n) is 3.08. The summed E-state index contributed by atoms with van der Waals surface area (Å²) in [4.78, 5) is 15.2. The summed E-state index contributed by atoms with van der Waals surface area (Å²) < 4.78 is 5.63. The molecule has 0 aliphatic carbocycles. The van der Waals surface area contributed by atoms with Crippen molar-refractivity contribution in [2.45, 2.75) is 38.3 Å². The molecular formula is C13H18N2O3. The van der Waals surface area contributed by atoms with E-state index in [1.807, 2.05) is 13.8 Å². The second-order valence-electron chi connectivity index (χ2n) is 5.15. The zero-order chi connectivity index (χ0) is 13.2. The summed E-state index contributed by atoms with van der Waals surface area (Å²) in [6.07, 6.45) is 3.29. The first-order valence-electron chi connectivity index (χ1n) is 6.07. The van der Waals surface area contributed by atoms with Crippen molar-refractivity contribution in [2.75, 3.05) is 11.9 Å². The van der Waals surface area contributed by atoms with Crippen LogP contribution in [-0.4, -0.2) is 34.3 Å². The van der Waals surface area contributed by atoms with Gasteiger partial charge in [-0.05, 0) is 38.8 Å². The number of nitrogens with zero attached hydrogens (tertiary/aromatic N) is 1. The van der Waals surface area contributed by atoms with Gasteiger partial charge in [-0.3, -0.25) is 0 Å². The Hall–Kier alpha value is -1.62. The van der Waals surface area contributed by atoms with Gasteiger partial charge < -0.3 is 15.2 Å². The normalized spacial score (nSPS) is 22.4. The molecule has 18 heavy (non-hydrogen) atoms. The summed E-state index contributed by atoms with van der Waals surface area (Å²) in [5, 5.41) is 12.3. The molecule has 0 aromatic carbocycles. The molecule has 1 aromatic rings. The highest BCUT2D eigenvalue weighted by Crippen LogP contribution is 2.26. The van der Waals surface area contributed by atoms with Crippen molar-refractivity contribution in [3.8, 4) is 0 Å². The van der Waals surface area contributed by atoms with Gasteiger partial charge in [-0.1, -0.05) is 0 Å². The van der Waals surface area contributed by atoms with E-state index < -0.39 is 5.97 Å². The first-order valence-corrected chi connectivity index (χ1v) is 6.07. The smallest absolute Gasteiger partial charge is 0.339 e. The van der Waals surface area contributed by atoms with E-state index in [0.29, 0.717) is 12.4 Å². The van der Waals surface area contributed by atoms with Crippen LogP contribution < -0.4 is 5.32 Å². The van der Waals surface area contributed by atoms with E-state index in [1.165, 1.54) is 0 Å². The average molecular weight is 250 g/mol. The molecule has 1 aliphatic heterocycles. The molecule has 1 saturated heterocycles. The average Bonchev–Trinajstić information content (AvgIpc) is 2.28. The van der Waals surface area contributed by atoms with E-state index in [-0.39, 0.29) is 17.2 Å². The van der Waals surface area contributed by atoms with Gasteiger partial charge in [0.15, 0.2) is 0 Å². The van der Waals surface area contributed by atoms with Crippen molar-refractivity contribution in [1.29, 1.82) is 0 Å². The van der Waals surface area contributed by atoms with Crippen molar-refractivity contribution in [2.24, 2.45) is 0 Å². The number of ether oxygens (including phenoxy) is 1. The number of aromatic carboxylic acids is 1. The monoisotopic (exact) mass is 250 g/mol. The van der Waals surface area contributed by atoms with E-state index in [1.54, 1.807) is 18.3 Å². The van der Waals surface area contributed by atoms with Gasteiger partial charge in [-0.15, -0.1) is 0 Å². The van der Waals surface area contributed by atoms with Gasteiger partial charge in [0.05, 0.1) is 5.60 Å². The van der Waals surface area contributed by atoms with Crippen molar-refractivity contribution in [3.05, 3.63) is 23.9 Å². The lowest BCUT2D eigenvalue weighted by Gasteiger charge is -2.36. The summed E-state index contributed by atoms with van der Waals surface area (Å²) in [6, 6.07) is 3.38. The standard InChI is InChI=1S/C13H18N2O3/c1-13(2)8-9(5-7-18-13)15-11-10(12(16)17)4-3-6-14-11/h3-4,6,9H,5,7-8H2,1-2H3,(H,14,15)(H,16,17). The number of rotatable bonds is 3. The van der Waals surface area contributed by atoms with Gasteiger partial charge in [0, 0.05) is 18.8 Å². The molecule has 5 heteroatoms. The van der Waals surface area contributed by atoms with Gasteiger partial charge in [-0.25, -0.2) is 9.78 Å². The van der Waals surface area contributed by atoms with E-state index in [2.05, 4.69) is 10.3 Å².